The molecule has 3 atom stereocenters. The number of rotatable bonds is 5. The molecule has 0 saturated heterocycles. The quantitative estimate of drug-likeness (QED) is 0.564. The highest BCUT2D eigenvalue weighted by Gasteiger charge is 2.46. The molecule has 0 aromatic heterocycles. The fraction of sp³-hybridized carbons (Fsp3) is 0.545. The first-order valence-electron chi connectivity index (χ1n) is 9.61. The number of hydrogen-bond acceptors (Lipinski definition) is 0. The van der Waals surface area contributed by atoms with Gasteiger partial charge in [-0.15, -0.1) is 0 Å². The van der Waals surface area contributed by atoms with Crippen molar-refractivity contribution >= 4 is 13.3 Å². The fourth-order valence-electron chi connectivity index (χ4n) is 4.91. The van der Waals surface area contributed by atoms with Gasteiger partial charge in [0.05, 0.1) is 8.07 Å². The molecule has 1 saturated carbocycles. The minimum atomic E-state index is -1.59. The first-order chi connectivity index (χ1) is 11.2. The highest BCUT2D eigenvalue weighted by atomic mass is 28.3. The topological polar surface area (TPSA) is 0 Å². The molecule has 1 heteroatoms. The van der Waals surface area contributed by atoms with E-state index in [1.807, 2.05) is 0 Å². The maximum Gasteiger partial charge on any atom is 0.0975 e. The van der Waals surface area contributed by atoms with Crippen LogP contribution in [0.25, 0.3) is 0 Å². The summed E-state index contributed by atoms with van der Waals surface area (Å²) in [5, 5.41) is 1.68. The van der Waals surface area contributed by atoms with Crippen molar-refractivity contribution in [1.29, 1.82) is 0 Å². The summed E-state index contributed by atoms with van der Waals surface area (Å²) in [6.07, 6.45) is 15.8. The number of hydrogen-bond donors (Lipinski definition) is 0. The van der Waals surface area contributed by atoms with Gasteiger partial charge in [-0.2, -0.15) is 0 Å². The van der Waals surface area contributed by atoms with Gasteiger partial charge in [0.25, 0.3) is 0 Å². The van der Waals surface area contributed by atoms with Crippen LogP contribution in [0.4, 0.5) is 0 Å². The van der Waals surface area contributed by atoms with Gasteiger partial charge in [0.2, 0.25) is 0 Å². The summed E-state index contributed by atoms with van der Waals surface area (Å²) in [6.45, 7) is 7.45. The second-order valence-electron chi connectivity index (χ2n) is 7.82. The second-order valence-corrected chi connectivity index (χ2v) is 12.4. The predicted octanol–water partition coefficient (Wildman–Crippen LogP) is 6.22. The molecule has 0 radical (unpaired) electrons. The van der Waals surface area contributed by atoms with E-state index >= 15 is 0 Å². The fourth-order valence-corrected chi connectivity index (χ4v) is 10.4. The van der Waals surface area contributed by atoms with Gasteiger partial charge in [-0.1, -0.05) is 112 Å². The molecule has 2 aliphatic carbocycles. The lowest BCUT2D eigenvalue weighted by Crippen LogP contribution is -2.53. The van der Waals surface area contributed by atoms with Crippen molar-refractivity contribution in [3.63, 3.8) is 0 Å². The Morgan fingerprint density at radius 2 is 1.78 bits per heavy atom. The molecule has 0 aliphatic heterocycles. The van der Waals surface area contributed by atoms with E-state index in [1.54, 1.807) is 10.8 Å². The molecule has 0 spiro atoms. The van der Waals surface area contributed by atoms with Crippen LogP contribution in [-0.2, 0) is 0 Å². The lowest BCUT2D eigenvalue weighted by atomic mass is 9.97. The average Bonchev–Trinajstić information content (AvgIpc) is 3.12. The van der Waals surface area contributed by atoms with Crippen molar-refractivity contribution in [2.45, 2.75) is 70.0 Å². The summed E-state index contributed by atoms with van der Waals surface area (Å²) in [5.74, 6) is 0.717. The third-order valence-corrected chi connectivity index (χ3v) is 12.3. The van der Waals surface area contributed by atoms with E-state index in [1.165, 1.54) is 38.5 Å². The standard InChI is InChI=1S/C22H32Si/c1-4-18(2)21-16-11-17-22(21)23(3,19-12-7-5-8-13-19)20-14-9-6-10-15-20/h5,7-8,11-13,16-18,20,22H,4,6,9-10,14-15H2,1-3H3. The Bertz CT molecular complexity index is 565. The Balaban J connectivity index is 2.02. The molecule has 1 fully saturated rings. The van der Waals surface area contributed by atoms with E-state index in [2.05, 4.69) is 69.0 Å². The van der Waals surface area contributed by atoms with Crippen LogP contribution in [0, 0.1) is 5.92 Å². The average molecular weight is 325 g/mol. The summed E-state index contributed by atoms with van der Waals surface area (Å²) in [6, 6.07) is 11.6. The van der Waals surface area contributed by atoms with E-state index in [0.29, 0.717) is 11.5 Å². The van der Waals surface area contributed by atoms with Crippen LogP contribution in [0.15, 0.2) is 54.1 Å². The van der Waals surface area contributed by atoms with Crippen LogP contribution < -0.4 is 5.19 Å². The molecular weight excluding hydrogens is 292 g/mol. The van der Waals surface area contributed by atoms with Gasteiger partial charge in [0.15, 0.2) is 0 Å². The lowest BCUT2D eigenvalue weighted by molar-refractivity contribution is 0.490. The Morgan fingerprint density at radius 1 is 1.09 bits per heavy atom. The molecule has 0 N–H and O–H groups in total. The zero-order chi connectivity index (χ0) is 16.3. The molecule has 0 heterocycles. The van der Waals surface area contributed by atoms with E-state index in [4.69, 9.17) is 0 Å². The molecule has 3 unspecified atom stereocenters. The van der Waals surface area contributed by atoms with Crippen LogP contribution in [0.1, 0.15) is 52.4 Å². The third kappa shape index (κ3) is 3.13. The number of allylic oxidation sites excluding steroid dienone is 4. The van der Waals surface area contributed by atoms with Crippen LogP contribution in [0.2, 0.25) is 17.6 Å². The van der Waals surface area contributed by atoms with Crippen molar-refractivity contribution in [3.8, 4) is 0 Å². The van der Waals surface area contributed by atoms with Gasteiger partial charge in [0.1, 0.15) is 0 Å². The third-order valence-electron chi connectivity index (χ3n) is 6.63. The first-order valence-corrected chi connectivity index (χ1v) is 12.3. The smallest absolute Gasteiger partial charge is 0.0797 e. The summed E-state index contributed by atoms with van der Waals surface area (Å²) in [4.78, 5) is 0. The minimum Gasteiger partial charge on any atom is -0.0797 e. The highest BCUT2D eigenvalue weighted by molar-refractivity contribution is 6.94. The summed E-state index contributed by atoms with van der Waals surface area (Å²) in [5.41, 5.74) is 3.37. The maximum atomic E-state index is 2.69. The van der Waals surface area contributed by atoms with Gasteiger partial charge >= 0.3 is 0 Å². The molecule has 0 amide bonds. The van der Waals surface area contributed by atoms with E-state index in [-0.39, 0.29) is 0 Å². The van der Waals surface area contributed by atoms with Gasteiger partial charge in [-0.25, -0.2) is 0 Å². The van der Waals surface area contributed by atoms with Crippen molar-refractivity contribution in [2.24, 2.45) is 5.92 Å². The zero-order valence-corrected chi connectivity index (χ0v) is 16.1. The van der Waals surface area contributed by atoms with Crippen molar-refractivity contribution in [1.82, 2.24) is 0 Å². The highest BCUT2D eigenvalue weighted by Crippen LogP contribution is 2.49. The zero-order valence-electron chi connectivity index (χ0n) is 15.1. The molecule has 3 rings (SSSR count). The lowest BCUT2D eigenvalue weighted by Gasteiger charge is -2.44. The molecule has 1 aromatic carbocycles. The summed E-state index contributed by atoms with van der Waals surface area (Å²) < 4.78 is 0. The first kappa shape index (κ1) is 16.8. The molecule has 1 aromatic rings. The molecule has 23 heavy (non-hydrogen) atoms. The van der Waals surface area contributed by atoms with Gasteiger partial charge < -0.3 is 0 Å². The minimum absolute atomic E-state index is 0.711. The molecule has 2 aliphatic rings. The SMILES string of the molecule is CCC(C)C1=CC=CC1[Si](C)(c1ccccc1)C1CCCCC1. The monoisotopic (exact) mass is 324 g/mol. The Labute approximate surface area is 143 Å². The van der Waals surface area contributed by atoms with Crippen molar-refractivity contribution in [2.75, 3.05) is 0 Å². The van der Waals surface area contributed by atoms with Gasteiger partial charge in [-0.05, 0) is 23.4 Å². The number of benzene rings is 1. The molecule has 0 nitrogen and oxygen atoms in total. The largest absolute Gasteiger partial charge is 0.0975 e. The van der Waals surface area contributed by atoms with Gasteiger partial charge in [0, 0.05) is 0 Å². The molecular formula is C22H32Si. The van der Waals surface area contributed by atoms with Crippen LogP contribution in [-0.4, -0.2) is 8.07 Å². The van der Waals surface area contributed by atoms with E-state index in [0.717, 1.165) is 5.54 Å². The Morgan fingerprint density at radius 3 is 2.43 bits per heavy atom. The summed E-state index contributed by atoms with van der Waals surface area (Å²) >= 11 is 0. The molecule has 0 bridgehead atoms. The van der Waals surface area contributed by atoms with Crippen LogP contribution in [0.3, 0.4) is 0 Å². The van der Waals surface area contributed by atoms with E-state index < -0.39 is 8.07 Å². The van der Waals surface area contributed by atoms with Gasteiger partial charge in [-0.3, -0.25) is 0 Å². The van der Waals surface area contributed by atoms with Crippen molar-refractivity contribution < 1.29 is 0 Å². The van der Waals surface area contributed by atoms with Crippen LogP contribution >= 0.6 is 0 Å². The normalized spacial score (nSPS) is 25.9. The second kappa shape index (κ2) is 7.21. The van der Waals surface area contributed by atoms with Crippen molar-refractivity contribution in [3.05, 3.63) is 54.1 Å². The van der Waals surface area contributed by atoms with Crippen LogP contribution in [0.5, 0.6) is 0 Å². The Hall–Kier alpha value is -1.08. The summed E-state index contributed by atoms with van der Waals surface area (Å²) in [7, 11) is -1.59. The van der Waals surface area contributed by atoms with E-state index in [9.17, 15) is 0 Å². The predicted molar refractivity (Wildman–Crippen MR) is 105 cm³/mol. The molecule has 124 valence electrons. The maximum absolute atomic E-state index is 2.69. The Kier molecular flexibility index (Phi) is 5.26.